The normalized spacial score (nSPS) is 24.7. The second kappa shape index (κ2) is 7.54. The molecule has 3 aliphatic carbocycles. The highest BCUT2D eigenvalue weighted by Crippen LogP contribution is 2.65. The largest absolute Gasteiger partial charge is 0.381 e. The number of allylic oxidation sites excluding steroid dienone is 4. The van der Waals surface area contributed by atoms with Crippen LogP contribution in [0.5, 0.6) is 0 Å². The number of Topliss-reactive ketones (excluding diaryl/α,β-unsaturated/α-hetero) is 1. The summed E-state index contributed by atoms with van der Waals surface area (Å²) in [6.45, 7) is 8.04. The van der Waals surface area contributed by atoms with E-state index in [2.05, 4.69) is 4.72 Å². The van der Waals surface area contributed by atoms with Crippen LogP contribution in [0.3, 0.4) is 0 Å². The SMILES string of the molecule is CCc1ccc(S(=O)(=O)NCCCC2=C(C)C=C3C(=O)[C@](C)(O)C4(CC4)C(C)=C32)cc1. The van der Waals surface area contributed by atoms with Gasteiger partial charge < -0.3 is 5.11 Å². The van der Waals surface area contributed by atoms with Gasteiger partial charge in [0, 0.05) is 17.5 Å². The number of rotatable bonds is 7. The zero-order chi connectivity index (χ0) is 22.6. The van der Waals surface area contributed by atoms with Crippen molar-refractivity contribution in [2.75, 3.05) is 6.54 Å². The lowest BCUT2D eigenvalue weighted by Gasteiger charge is -2.39. The van der Waals surface area contributed by atoms with Crippen LogP contribution >= 0.6 is 0 Å². The topological polar surface area (TPSA) is 83.5 Å². The second-order valence-electron chi connectivity index (χ2n) is 9.20. The van der Waals surface area contributed by atoms with Gasteiger partial charge in [-0.25, -0.2) is 13.1 Å². The maximum Gasteiger partial charge on any atom is 0.240 e. The van der Waals surface area contributed by atoms with Gasteiger partial charge in [-0.05, 0) is 93.4 Å². The van der Waals surface area contributed by atoms with E-state index in [9.17, 15) is 18.3 Å². The summed E-state index contributed by atoms with van der Waals surface area (Å²) in [7, 11) is -3.54. The van der Waals surface area contributed by atoms with Crippen LogP contribution < -0.4 is 4.72 Å². The van der Waals surface area contributed by atoms with Crippen molar-refractivity contribution in [1.29, 1.82) is 0 Å². The van der Waals surface area contributed by atoms with Gasteiger partial charge in [-0.2, -0.15) is 0 Å². The van der Waals surface area contributed by atoms with E-state index in [0.717, 1.165) is 47.1 Å². The zero-order valence-electron chi connectivity index (χ0n) is 18.7. The lowest BCUT2D eigenvalue weighted by atomic mass is 9.67. The summed E-state index contributed by atoms with van der Waals surface area (Å²) >= 11 is 0. The van der Waals surface area contributed by atoms with Crippen LogP contribution in [0.4, 0.5) is 0 Å². The summed E-state index contributed by atoms with van der Waals surface area (Å²) < 4.78 is 27.8. The molecule has 1 fully saturated rings. The maximum atomic E-state index is 13.0. The minimum Gasteiger partial charge on any atom is -0.381 e. The summed E-state index contributed by atoms with van der Waals surface area (Å²) in [5.41, 5.74) is 4.17. The average Bonchev–Trinajstić information content (AvgIpc) is 3.49. The minimum absolute atomic E-state index is 0.184. The Bertz CT molecular complexity index is 1130. The Balaban J connectivity index is 1.45. The molecule has 0 aliphatic heterocycles. The predicted molar refractivity (Wildman–Crippen MR) is 121 cm³/mol. The Kier molecular flexibility index (Phi) is 5.39. The number of fused-ring (bicyclic) bond motifs is 1. The van der Waals surface area contributed by atoms with E-state index in [1.165, 1.54) is 0 Å². The first-order valence-electron chi connectivity index (χ1n) is 11.0. The Labute approximate surface area is 185 Å². The van der Waals surface area contributed by atoms with E-state index in [-0.39, 0.29) is 10.7 Å². The van der Waals surface area contributed by atoms with Gasteiger partial charge in [0.25, 0.3) is 0 Å². The van der Waals surface area contributed by atoms with Crippen molar-refractivity contribution in [2.24, 2.45) is 5.41 Å². The third-order valence-electron chi connectivity index (χ3n) is 7.41. The molecule has 0 saturated heterocycles. The number of hydrogen-bond donors (Lipinski definition) is 2. The molecule has 0 aromatic heterocycles. The molecule has 166 valence electrons. The lowest BCUT2D eigenvalue weighted by molar-refractivity contribution is -0.137. The van der Waals surface area contributed by atoms with Crippen LogP contribution in [0.25, 0.3) is 0 Å². The van der Waals surface area contributed by atoms with Crippen molar-refractivity contribution in [2.45, 2.75) is 70.3 Å². The number of carbonyl (C=O) groups excluding carboxylic acids is 1. The van der Waals surface area contributed by atoms with Gasteiger partial charge in [0.1, 0.15) is 5.60 Å². The first-order chi connectivity index (χ1) is 14.5. The van der Waals surface area contributed by atoms with Crippen LogP contribution in [-0.4, -0.2) is 31.5 Å². The molecule has 1 atom stereocenters. The molecule has 4 rings (SSSR count). The van der Waals surface area contributed by atoms with Gasteiger partial charge in [-0.1, -0.05) is 24.6 Å². The molecule has 1 spiro atoms. The predicted octanol–water partition coefficient (Wildman–Crippen LogP) is 3.99. The van der Waals surface area contributed by atoms with Crippen molar-refractivity contribution in [3.8, 4) is 0 Å². The Morgan fingerprint density at radius 2 is 1.77 bits per heavy atom. The maximum absolute atomic E-state index is 13.0. The number of aliphatic hydroxyl groups is 1. The average molecular weight is 442 g/mol. The van der Waals surface area contributed by atoms with E-state index in [0.29, 0.717) is 25.0 Å². The molecule has 2 N–H and O–H groups in total. The monoisotopic (exact) mass is 441 g/mol. The highest BCUT2D eigenvalue weighted by atomic mass is 32.2. The van der Waals surface area contributed by atoms with Gasteiger partial charge in [-0.15, -0.1) is 0 Å². The number of benzene rings is 1. The molecule has 0 amide bonds. The quantitative estimate of drug-likeness (QED) is 0.627. The molecule has 6 heteroatoms. The first-order valence-corrected chi connectivity index (χ1v) is 12.5. The summed E-state index contributed by atoms with van der Waals surface area (Å²) in [4.78, 5) is 13.3. The minimum atomic E-state index is -3.54. The number of nitrogens with one attached hydrogen (secondary N) is 1. The van der Waals surface area contributed by atoms with E-state index in [1.807, 2.05) is 39.0 Å². The highest BCUT2D eigenvalue weighted by Gasteiger charge is 2.64. The summed E-state index contributed by atoms with van der Waals surface area (Å²) in [6, 6.07) is 6.96. The lowest BCUT2D eigenvalue weighted by Crippen LogP contribution is -2.49. The second-order valence-corrected chi connectivity index (χ2v) is 11.0. The first kappa shape index (κ1) is 22.2. The molecule has 0 bridgehead atoms. The van der Waals surface area contributed by atoms with Gasteiger partial charge in [0.15, 0.2) is 5.78 Å². The molecule has 1 aromatic carbocycles. The van der Waals surface area contributed by atoms with Crippen LogP contribution in [0.15, 0.2) is 63.1 Å². The van der Waals surface area contributed by atoms with Gasteiger partial charge in [0.05, 0.1) is 4.90 Å². The van der Waals surface area contributed by atoms with Crippen LogP contribution in [0, 0.1) is 5.41 Å². The van der Waals surface area contributed by atoms with Crippen molar-refractivity contribution < 1.29 is 18.3 Å². The molecule has 0 unspecified atom stereocenters. The molecule has 1 aromatic rings. The molecule has 5 nitrogen and oxygen atoms in total. The van der Waals surface area contributed by atoms with Crippen molar-refractivity contribution >= 4 is 15.8 Å². The highest BCUT2D eigenvalue weighted by molar-refractivity contribution is 7.89. The number of ketones is 1. The molecular formula is C25H31NO4S. The summed E-state index contributed by atoms with van der Waals surface area (Å²) in [5.74, 6) is -0.184. The fourth-order valence-corrected chi connectivity index (χ4v) is 6.27. The van der Waals surface area contributed by atoms with E-state index < -0.39 is 21.0 Å². The summed E-state index contributed by atoms with van der Waals surface area (Å²) in [5, 5.41) is 10.9. The Morgan fingerprint density at radius 1 is 1.13 bits per heavy atom. The van der Waals surface area contributed by atoms with Crippen molar-refractivity contribution in [3.05, 3.63) is 63.8 Å². The van der Waals surface area contributed by atoms with Crippen molar-refractivity contribution in [3.63, 3.8) is 0 Å². The van der Waals surface area contributed by atoms with E-state index >= 15 is 0 Å². The molecule has 0 heterocycles. The van der Waals surface area contributed by atoms with Crippen LogP contribution in [0.1, 0.15) is 58.9 Å². The fraction of sp³-hybridized carbons (Fsp3) is 0.480. The Hall–Kier alpha value is -2.02. The van der Waals surface area contributed by atoms with Crippen LogP contribution in [-0.2, 0) is 21.2 Å². The molecule has 1 saturated carbocycles. The summed E-state index contributed by atoms with van der Waals surface area (Å²) in [6.07, 6.45) is 5.73. The molecule has 3 aliphatic rings. The zero-order valence-corrected chi connectivity index (χ0v) is 19.5. The smallest absolute Gasteiger partial charge is 0.240 e. The number of sulfonamides is 1. The molecule has 0 radical (unpaired) electrons. The van der Waals surface area contributed by atoms with Crippen LogP contribution in [0.2, 0.25) is 0 Å². The number of aryl methyl sites for hydroxylation is 1. The Morgan fingerprint density at radius 3 is 2.35 bits per heavy atom. The van der Waals surface area contributed by atoms with E-state index in [1.54, 1.807) is 19.1 Å². The third-order valence-corrected chi connectivity index (χ3v) is 8.88. The number of hydrogen-bond acceptors (Lipinski definition) is 4. The van der Waals surface area contributed by atoms with E-state index in [4.69, 9.17) is 0 Å². The van der Waals surface area contributed by atoms with Gasteiger partial charge >= 0.3 is 0 Å². The molecule has 31 heavy (non-hydrogen) atoms. The number of carbonyl (C=O) groups is 1. The van der Waals surface area contributed by atoms with Gasteiger partial charge in [0.2, 0.25) is 10.0 Å². The van der Waals surface area contributed by atoms with Gasteiger partial charge in [-0.3, -0.25) is 4.79 Å². The molecular weight excluding hydrogens is 410 g/mol. The third kappa shape index (κ3) is 3.45. The fourth-order valence-electron chi connectivity index (χ4n) is 5.20. The van der Waals surface area contributed by atoms with Crippen molar-refractivity contribution in [1.82, 2.24) is 4.72 Å². The standard InChI is InChI=1S/C25H31NO4S/c1-5-18-8-10-19(11-9-18)31(29,30)26-14-6-7-20-16(2)15-21-22(20)17(3)25(12-13-25)24(4,28)23(21)27/h8-11,15,26,28H,5-7,12-14H2,1-4H3/t24-/m0/s1.